The molecule has 0 amide bonds. The normalized spacial score (nSPS) is 32.9. The van der Waals surface area contributed by atoms with Gasteiger partial charge in [-0.1, -0.05) is 49.9 Å². The van der Waals surface area contributed by atoms with Crippen LogP contribution in [0.25, 0.3) is 0 Å². The molecule has 0 saturated heterocycles. The van der Waals surface area contributed by atoms with Crippen molar-refractivity contribution >= 4 is 0 Å². The first-order valence-corrected chi connectivity index (χ1v) is 7.03. The second kappa shape index (κ2) is 4.13. The van der Waals surface area contributed by atoms with Crippen LogP contribution in [0, 0.1) is 12.8 Å². The molecule has 1 aromatic carbocycles. The number of aryl methyl sites for hydroxylation is 1. The molecule has 0 aliphatic heterocycles. The smallest absolute Gasteiger partial charge is 0.0233 e. The number of nitrogens with two attached hydrogens (primary N) is 1. The fourth-order valence-electron chi connectivity index (χ4n) is 3.70. The summed E-state index contributed by atoms with van der Waals surface area (Å²) in [6.45, 7) is 2.21. The van der Waals surface area contributed by atoms with Gasteiger partial charge in [0.2, 0.25) is 0 Å². The molecule has 2 aliphatic carbocycles. The Labute approximate surface area is 104 Å². The third-order valence-corrected chi connectivity index (χ3v) is 4.83. The van der Waals surface area contributed by atoms with E-state index < -0.39 is 0 Å². The van der Waals surface area contributed by atoms with Crippen LogP contribution in [0.1, 0.15) is 55.6 Å². The van der Waals surface area contributed by atoms with Crippen LogP contribution >= 0.6 is 0 Å². The maximum Gasteiger partial charge on any atom is 0.0233 e. The van der Waals surface area contributed by atoms with Crippen LogP contribution in [0.2, 0.25) is 0 Å². The first-order valence-electron chi connectivity index (χ1n) is 7.03. The Morgan fingerprint density at radius 2 is 1.94 bits per heavy atom. The third-order valence-electron chi connectivity index (χ3n) is 4.83. The molecule has 2 atom stereocenters. The Hall–Kier alpha value is -0.820. The summed E-state index contributed by atoms with van der Waals surface area (Å²) in [5.74, 6) is 1.54. The molecule has 1 aromatic rings. The lowest BCUT2D eigenvalue weighted by Gasteiger charge is -2.17. The topological polar surface area (TPSA) is 26.0 Å². The van der Waals surface area contributed by atoms with Gasteiger partial charge in [0.15, 0.2) is 0 Å². The average molecular weight is 229 g/mol. The van der Waals surface area contributed by atoms with Gasteiger partial charge in [0.05, 0.1) is 0 Å². The molecule has 2 fully saturated rings. The van der Waals surface area contributed by atoms with E-state index >= 15 is 0 Å². The van der Waals surface area contributed by atoms with Crippen LogP contribution in [0.5, 0.6) is 0 Å². The second-order valence-corrected chi connectivity index (χ2v) is 6.20. The standard InChI is InChI=1S/C16H23N/c1-12-6-2-5-9-14(12)15-11-16(15,17)10-13-7-3-4-8-13/h2,5-6,9,13,15H,3-4,7-8,10-11,17H2,1H3. The van der Waals surface area contributed by atoms with Gasteiger partial charge in [-0.05, 0) is 36.8 Å². The maximum atomic E-state index is 6.57. The summed E-state index contributed by atoms with van der Waals surface area (Å²) >= 11 is 0. The van der Waals surface area contributed by atoms with E-state index in [0.717, 1.165) is 5.92 Å². The molecule has 2 unspecified atom stereocenters. The highest BCUT2D eigenvalue weighted by Crippen LogP contribution is 2.54. The van der Waals surface area contributed by atoms with Crippen LogP contribution < -0.4 is 5.73 Å². The fraction of sp³-hybridized carbons (Fsp3) is 0.625. The molecular weight excluding hydrogens is 206 g/mol. The van der Waals surface area contributed by atoms with Crippen molar-refractivity contribution in [3.63, 3.8) is 0 Å². The highest BCUT2D eigenvalue weighted by atomic mass is 14.9. The summed E-state index contributed by atoms with van der Waals surface area (Å²) in [7, 11) is 0. The van der Waals surface area contributed by atoms with E-state index in [0.29, 0.717) is 5.92 Å². The number of hydrogen-bond acceptors (Lipinski definition) is 1. The van der Waals surface area contributed by atoms with Crippen LogP contribution in [-0.2, 0) is 0 Å². The number of hydrogen-bond donors (Lipinski definition) is 1. The van der Waals surface area contributed by atoms with E-state index in [1.165, 1.54) is 49.7 Å². The molecule has 92 valence electrons. The van der Waals surface area contributed by atoms with Crippen molar-refractivity contribution in [2.75, 3.05) is 0 Å². The lowest BCUT2D eigenvalue weighted by atomic mass is 9.93. The van der Waals surface area contributed by atoms with Gasteiger partial charge >= 0.3 is 0 Å². The Bertz CT molecular complexity index is 406. The molecule has 1 heteroatoms. The van der Waals surface area contributed by atoms with Gasteiger partial charge in [0.25, 0.3) is 0 Å². The molecule has 17 heavy (non-hydrogen) atoms. The lowest BCUT2D eigenvalue weighted by Crippen LogP contribution is -2.27. The largest absolute Gasteiger partial charge is 0.325 e. The predicted octanol–water partition coefficient (Wildman–Crippen LogP) is 3.76. The van der Waals surface area contributed by atoms with Crippen molar-refractivity contribution < 1.29 is 0 Å². The summed E-state index contributed by atoms with van der Waals surface area (Å²) in [4.78, 5) is 0. The van der Waals surface area contributed by atoms with Crippen LogP contribution in [0.3, 0.4) is 0 Å². The summed E-state index contributed by atoms with van der Waals surface area (Å²) in [6, 6.07) is 8.75. The third kappa shape index (κ3) is 2.13. The van der Waals surface area contributed by atoms with Crippen molar-refractivity contribution in [3.05, 3.63) is 35.4 Å². The van der Waals surface area contributed by atoms with Gasteiger partial charge in [-0.15, -0.1) is 0 Å². The van der Waals surface area contributed by atoms with E-state index in [2.05, 4.69) is 31.2 Å². The minimum absolute atomic E-state index is 0.126. The summed E-state index contributed by atoms with van der Waals surface area (Å²) in [5.41, 5.74) is 9.60. The second-order valence-electron chi connectivity index (χ2n) is 6.20. The minimum Gasteiger partial charge on any atom is -0.325 e. The molecule has 2 aliphatic rings. The van der Waals surface area contributed by atoms with E-state index in [4.69, 9.17) is 5.73 Å². The van der Waals surface area contributed by atoms with Crippen molar-refractivity contribution in [1.29, 1.82) is 0 Å². The van der Waals surface area contributed by atoms with Gasteiger partial charge in [-0.3, -0.25) is 0 Å². The summed E-state index contributed by atoms with van der Waals surface area (Å²) < 4.78 is 0. The van der Waals surface area contributed by atoms with Gasteiger partial charge in [-0.2, -0.15) is 0 Å². The molecule has 0 aromatic heterocycles. The zero-order chi connectivity index (χ0) is 11.9. The number of rotatable bonds is 3. The predicted molar refractivity (Wildman–Crippen MR) is 72.0 cm³/mol. The highest BCUT2D eigenvalue weighted by molar-refractivity contribution is 5.38. The van der Waals surface area contributed by atoms with Crippen molar-refractivity contribution in [3.8, 4) is 0 Å². The number of benzene rings is 1. The maximum absolute atomic E-state index is 6.57. The Morgan fingerprint density at radius 3 is 2.65 bits per heavy atom. The van der Waals surface area contributed by atoms with E-state index in [1.54, 1.807) is 0 Å². The summed E-state index contributed by atoms with van der Waals surface area (Å²) in [6.07, 6.45) is 8.14. The Morgan fingerprint density at radius 1 is 1.24 bits per heavy atom. The van der Waals surface area contributed by atoms with E-state index in [-0.39, 0.29) is 5.54 Å². The Balaban J connectivity index is 1.70. The van der Waals surface area contributed by atoms with Gasteiger partial charge in [0.1, 0.15) is 0 Å². The van der Waals surface area contributed by atoms with Crippen LogP contribution in [0.4, 0.5) is 0 Å². The van der Waals surface area contributed by atoms with Gasteiger partial charge in [0, 0.05) is 11.5 Å². The Kier molecular flexibility index (Phi) is 2.74. The van der Waals surface area contributed by atoms with Crippen molar-refractivity contribution in [2.45, 2.75) is 56.9 Å². The van der Waals surface area contributed by atoms with Crippen LogP contribution in [-0.4, -0.2) is 5.54 Å². The zero-order valence-corrected chi connectivity index (χ0v) is 10.8. The fourth-order valence-corrected chi connectivity index (χ4v) is 3.70. The molecule has 0 bridgehead atoms. The lowest BCUT2D eigenvalue weighted by molar-refractivity contribution is 0.424. The molecular formula is C16H23N. The molecule has 0 spiro atoms. The summed E-state index contributed by atoms with van der Waals surface area (Å²) in [5, 5.41) is 0. The van der Waals surface area contributed by atoms with E-state index in [9.17, 15) is 0 Å². The van der Waals surface area contributed by atoms with Crippen molar-refractivity contribution in [2.24, 2.45) is 11.7 Å². The molecule has 2 N–H and O–H groups in total. The van der Waals surface area contributed by atoms with Gasteiger partial charge < -0.3 is 5.73 Å². The monoisotopic (exact) mass is 229 g/mol. The first-order chi connectivity index (χ1) is 8.19. The highest BCUT2D eigenvalue weighted by Gasteiger charge is 2.52. The zero-order valence-electron chi connectivity index (χ0n) is 10.8. The molecule has 0 radical (unpaired) electrons. The minimum atomic E-state index is 0.126. The average Bonchev–Trinajstić information content (AvgIpc) is 2.74. The first kappa shape index (κ1) is 11.3. The van der Waals surface area contributed by atoms with Gasteiger partial charge in [-0.25, -0.2) is 0 Å². The van der Waals surface area contributed by atoms with Crippen LogP contribution in [0.15, 0.2) is 24.3 Å². The molecule has 1 nitrogen and oxygen atoms in total. The SMILES string of the molecule is Cc1ccccc1C1CC1(N)CC1CCCC1. The quantitative estimate of drug-likeness (QED) is 0.839. The van der Waals surface area contributed by atoms with E-state index in [1.807, 2.05) is 0 Å². The molecule has 3 rings (SSSR count). The molecule has 2 saturated carbocycles. The molecule has 0 heterocycles. The van der Waals surface area contributed by atoms with Crippen molar-refractivity contribution in [1.82, 2.24) is 0 Å².